The van der Waals surface area contributed by atoms with Gasteiger partial charge in [0.15, 0.2) is 0 Å². The summed E-state index contributed by atoms with van der Waals surface area (Å²) in [4.78, 5) is 3.35. The van der Waals surface area contributed by atoms with Crippen LogP contribution in [0.2, 0.25) is 0 Å². The number of rotatable bonds is 8. The lowest BCUT2D eigenvalue weighted by Crippen LogP contribution is -2.22. The average molecular weight is 234 g/mol. The quantitative estimate of drug-likeness (QED) is 0.169. The molecule has 0 radical (unpaired) electrons. The fourth-order valence-electron chi connectivity index (χ4n) is 1.03. The van der Waals surface area contributed by atoms with E-state index in [9.17, 15) is 4.39 Å². The highest BCUT2D eigenvalue weighted by Crippen LogP contribution is 2.15. The van der Waals surface area contributed by atoms with Gasteiger partial charge in [0.1, 0.15) is 5.83 Å². The Labute approximate surface area is 94.9 Å². The maximum atomic E-state index is 13.2. The minimum absolute atomic E-state index is 0.146. The second-order valence-electron chi connectivity index (χ2n) is 2.97. The van der Waals surface area contributed by atoms with Gasteiger partial charge in [-0.25, -0.2) is 4.39 Å². The van der Waals surface area contributed by atoms with Crippen molar-refractivity contribution in [3.05, 3.63) is 23.7 Å². The number of hydrogen-bond donors (Lipinski definition) is 2. The summed E-state index contributed by atoms with van der Waals surface area (Å²) >= 11 is 5.59. The van der Waals surface area contributed by atoms with E-state index in [4.69, 9.17) is 17.4 Å². The largest absolute Gasteiger partial charge is 0.271 e. The van der Waals surface area contributed by atoms with E-state index >= 15 is 0 Å². The van der Waals surface area contributed by atoms with Crippen molar-refractivity contribution in [2.24, 2.45) is 10.8 Å². The zero-order valence-corrected chi connectivity index (χ0v) is 9.43. The van der Waals surface area contributed by atoms with Crippen LogP contribution in [0.1, 0.15) is 19.3 Å². The summed E-state index contributed by atoms with van der Waals surface area (Å²) in [6, 6.07) is 0. The van der Waals surface area contributed by atoms with E-state index in [2.05, 4.69) is 17.1 Å². The topological polar surface area (TPSA) is 50.4 Å². The molecule has 0 atom stereocenters. The highest BCUT2D eigenvalue weighted by molar-refractivity contribution is 6.19. The van der Waals surface area contributed by atoms with E-state index in [0.29, 0.717) is 5.57 Å². The summed E-state index contributed by atoms with van der Waals surface area (Å²) in [5, 5.41) is 0. The Balaban J connectivity index is 3.99. The molecule has 3 N–H and O–H groups in total. The molecule has 0 spiro atoms. The summed E-state index contributed by atoms with van der Waals surface area (Å²) in [6.45, 7) is 3.94. The Kier molecular flexibility index (Phi) is 9.36. The first kappa shape index (κ1) is 14.3. The van der Waals surface area contributed by atoms with Gasteiger partial charge in [-0.05, 0) is 26.0 Å². The van der Waals surface area contributed by atoms with E-state index in [-0.39, 0.29) is 5.88 Å². The van der Waals surface area contributed by atoms with Crippen LogP contribution < -0.4 is 11.3 Å². The number of nitrogens with one attached hydrogen (secondary N) is 1. The molecule has 0 saturated heterocycles. The maximum Gasteiger partial charge on any atom is 0.145 e. The Morgan fingerprint density at radius 2 is 2.27 bits per heavy atom. The van der Waals surface area contributed by atoms with Crippen LogP contribution in [-0.4, -0.2) is 19.1 Å². The number of hydrogen-bond acceptors (Lipinski definition) is 3. The highest BCUT2D eigenvalue weighted by atomic mass is 35.5. The Hall–Kier alpha value is -0.710. The summed E-state index contributed by atoms with van der Waals surface area (Å²) in [5.74, 6) is 4.84. The molecule has 0 aliphatic heterocycles. The lowest BCUT2D eigenvalue weighted by Gasteiger charge is -2.00. The van der Waals surface area contributed by atoms with Crippen LogP contribution in [0.25, 0.3) is 0 Å². The molecule has 0 unspecified atom stereocenters. The van der Waals surface area contributed by atoms with Crippen LogP contribution in [-0.2, 0) is 0 Å². The number of alkyl halides is 1. The molecule has 3 nitrogen and oxygen atoms in total. The van der Waals surface area contributed by atoms with Gasteiger partial charge in [-0.2, -0.15) is 0 Å². The minimum Gasteiger partial charge on any atom is -0.271 e. The third-order valence-corrected chi connectivity index (χ3v) is 2.11. The predicted molar refractivity (Wildman–Crippen MR) is 63.6 cm³/mol. The lowest BCUT2D eigenvalue weighted by atomic mass is 10.1. The molecule has 0 rings (SSSR count). The molecular formula is C10H17ClFN3. The first-order chi connectivity index (χ1) is 7.26. The van der Waals surface area contributed by atoms with Crippen molar-refractivity contribution >= 4 is 18.3 Å². The van der Waals surface area contributed by atoms with Gasteiger partial charge >= 0.3 is 0 Å². The summed E-state index contributed by atoms with van der Waals surface area (Å²) in [6.07, 6.45) is 5.52. The summed E-state index contributed by atoms with van der Waals surface area (Å²) < 4.78 is 13.2. The number of unbranched alkanes of at least 4 members (excludes halogenated alkanes) is 2. The fourth-order valence-corrected chi connectivity index (χ4v) is 1.26. The van der Waals surface area contributed by atoms with Crippen LogP contribution in [0, 0.1) is 0 Å². The first-order valence-corrected chi connectivity index (χ1v) is 5.30. The molecule has 0 aliphatic rings. The second-order valence-corrected chi connectivity index (χ2v) is 3.24. The molecule has 5 heteroatoms. The van der Waals surface area contributed by atoms with Crippen molar-refractivity contribution in [2.75, 3.05) is 12.4 Å². The van der Waals surface area contributed by atoms with Crippen molar-refractivity contribution in [2.45, 2.75) is 19.3 Å². The Morgan fingerprint density at radius 1 is 1.53 bits per heavy atom. The van der Waals surface area contributed by atoms with Gasteiger partial charge < -0.3 is 0 Å². The van der Waals surface area contributed by atoms with E-state index in [1.807, 2.05) is 0 Å². The number of aliphatic imine (C=N–C) groups is 1. The Morgan fingerprint density at radius 3 is 2.80 bits per heavy atom. The Bertz CT molecular complexity index is 239. The molecular weight excluding hydrogens is 217 g/mol. The van der Waals surface area contributed by atoms with Crippen LogP contribution in [0.5, 0.6) is 0 Å². The van der Waals surface area contributed by atoms with E-state index in [1.165, 1.54) is 0 Å². The van der Waals surface area contributed by atoms with Crippen LogP contribution in [0.3, 0.4) is 0 Å². The normalized spacial score (nSPS) is 13.0. The van der Waals surface area contributed by atoms with Gasteiger partial charge in [-0.1, -0.05) is 6.08 Å². The monoisotopic (exact) mass is 233 g/mol. The van der Waals surface area contributed by atoms with Gasteiger partial charge in [-0.3, -0.25) is 16.3 Å². The van der Waals surface area contributed by atoms with Gasteiger partial charge in [-0.15, -0.1) is 11.6 Å². The lowest BCUT2D eigenvalue weighted by molar-refractivity contribution is 0.637. The van der Waals surface area contributed by atoms with Gasteiger partial charge in [0, 0.05) is 18.0 Å². The predicted octanol–water partition coefficient (Wildman–Crippen LogP) is 2.30. The number of allylic oxidation sites excluding steroid dienone is 3. The molecule has 0 amide bonds. The molecule has 15 heavy (non-hydrogen) atoms. The zero-order chi connectivity index (χ0) is 11.5. The van der Waals surface area contributed by atoms with Crippen LogP contribution >= 0.6 is 11.6 Å². The molecule has 0 saturated carbocycles. The molecule has 0 bridgehead atoms. The van der Waals surface area contributed by atoms with Crippen LogP contribution in [0.15, 0.2) is 28.7 Å². The second kappa shape index (κ2) is 9.83. The first-order valence-electron chi connectivity index (χ1n) is 4.76. The number of halogens is 2. The average Bonchev–Trinajstić information content (AvgIpc) is 2.23. The van der Waals surface area contributed by atoms with E-state index in [0.717, 1.165) is 32.0 Å². The standard InChI is InChI=1S/C10H17ClFN3/c1-14-8-10(12)9(7-11)5-3-2-4-6-15-13/h5,8,15H,1-4,6-7,13H2/b9-5-,10-8+. The highest BCUT2D eigenvalue weighted by Gasteiger charge is 2.01. The van der Waals surface area contributed by atoms with Crippen molar-refractivity contribution in [1.82, 2.24) is 5.43 Å². The molecule has 0 aliphatic carbocycles. The molecule has 0 aromatic heterocycles. The molecule has 0 heterocycles. The van der Waals surface area contributed by atoms with Crippen LogP contribution in [0.4, 0.5) is 4.39 Å². The van der Waals surface area contributed by atoms with Crippen molar-refractivity contribution < 1.29 is 4.39 Å². The molecule has 0 aromatic rings. The fraction of sp³-hybridized carbons (Fsp3) is 0.500. The third-order valence-electron chi connectivity index (χ3n) is 1.82. The smallest absolute Gasteiger partial charge is 0.145 e. The number of nitrogens with zero attached hydrogens (tertiary/aromatic N) is 1. The van der Waals surface area contributed by atoms with E-state index < -0.39 is 5.83 Å². The summed E-state index contributed by atoms with van der Waals surface area (Å²) in [7, 11) is 0. The van der Waals surface area contributed by atoms with Crippen molar-refractivity contribution in [3.63, 3.8) is 0 Å². The van der Waals surface area contributed by atoms with Crippen molar-refractivity contribution in [3.8, 4) is 0 Å². The molecule has 86 valence electrons. The van der Waals surface area contributed by atoms with Gasteiger partial charge in [0.25, 0.3) is 0 Å². The molecule has 0 aromatic carbocycles. The molecule has 0 fully saturated rings. The zero-order valence-electron chi connectivity index (χ0n) is 8.68. The SMILES string of the molecule is C=N/C=C(F)\C(=C/CCCCNN)CCl. The van der Waals surface area contributed by atoms with E-state index in [1.54, 1.807) is 6.08 Å². The number of hydrazine groups is 1. The van der Waals surface area contributed by atoms with Gasteiger partial charge in [0.05, 0.1) is 6.20 Å². The maximum absolute atomic E-state index is 13.2. The van der Waals surface area contributed by atoms with Crippen molar-refractivity contribution in [1.29, 1.82) is 0 Å². The third kappa shape index (κ3) is 7.25. The van der Waals surface area contributed by atoms with Gasteiger partial charge in [0.2, 0.25) is 0 Å². The minimum atomic E-state index is -0.419. The summed E-state index contributed by atoms with van der Waals surface area (Å²) in [5.41, 5.74) is 3.02. The number of nitrogens with two attached hydrogens (primary N) is 1.